The minimum Gasteiger partial charge on any atom is -0.508 e. The fourth-order valence-corrected chi connectivity index (χ4v) is 4.03. The Morgan fingerprint density at radius 1 is 1.03 bits per heavy atom. The van der Waals surface area contributed by atoms with Crippen molar-refractivity contribution >= 4 is 11.8 Å². The summed E-state index contributed by atoms with van der Waals surface area (Å²) in [6, 6.07) is 12.1. The van der Waals surface area contributed by atoms with Crippen molar-refractivity contribution < 1.29 is 39.5 Å². The fourth-order valence-electron chi connectivity index (χ4n) is 4.03. The molecule has 33 heavy (non-hydrogen) atoms. The van der Waals surface area contributed by atoms with Crippen molar-refractivity contribution in [3.63, 3.8) is 0 Å². The fraction of sp³-hybridized carbons (Fsp3) is 0.200. The van der Waals surface area contributed by atoms with Crippen LogP contribution in [0.5, 0.6) is 34.5 Å². The molecule has 0 fully saturated rings. The Balaban J connectivity index is 1.71. The first-order valence-corrected chi connectivity index (χ1v) is 10.3. The Morgan fingerprint density at radius 2 is 1.76 bits per heavy atom. The van der Waals surface area contributed by atoms with Crippen molar-refractivity contribution in [1.82, 2.24) is 0 Å². The summed E-state index contributed by atoms with van der Waals surface area (Å²) in [5, 5.41) is 41.0. The number of benzene rings is 3. The largest absolute Gasteiger partial charge is 0.508 e. The molecule has 4 N–H and O–H groups in total. The summed E-state index contributed by atoms with van der Waals surface area (Å²) in [5.41, 5.74) is 1.24. The van der Waals surface area contributed by atoms with Crippen molar-refractivity contribution in [2.24, 2.45) is 0 Å². The molecule has 0 radical (unpaired) electrons. The second-order valence-electron chi connectivity index (χ2n) is 7.78. The number of carbonyl (C=O) groups is 2. The molecule has 0 aliphatic carbocycles. The van der Waals surface area contributed by atoms with E-state index in [2.05, 4.69) is 0 Å². The number of fused-ring (bicyclic) bond motifs is 1. The Hall–Kier alpha value is -4.20. The average Bonchev–Trinajstić information content (AvgIpc) is 2.77. The summed E-state index contributed by atoms with van der Waals surface area (Å²) in [6.07, 6.45) is 0.205. The topological polar surface area (TPSA) is 134 Å². The van der Waals surface area contributed by atoms with Gasteiger partial charge in [0.05, 0.1) is 13.5 Å². The van der Waals surface area contributed by atoms with E-state index in [1.807, 2.05) is 0 Å². The number of aromatic hydroxyl groups is 4. The van der Waals surface area contributed by atoms with Crippen molar-refractivity contribution in [2.75, 3.05) is 7.11 Å². The zero-order valence-electron chi connectivity index (χ0n) is 17.7. The molecule has 170 valence electrons. The molecule has 1 aliphatic heterocycles. The Labute approximate surface area is 189 Å². The first-order chi connectivity index (χ1) is 15.8. The molecule has 0 saturated carbocycles. The zero-order chi connectivity index (χ0) is 23.7. The van der Waals surface area contributed by atoms with Gasteiger partial charge in [0.25, 0.3) is 0 Å². The van der Waals surface area contributed by atoms with Crippen LogP contribution in [0, 0.1) is 0 Å². The highest BCUT2D eigenvalue weighted by molar-refractivity contribution is 6.02. The van der Waals surface area contributed by atoms with Crippen LogP contribution in [0.3, 0.4) is 0 Å². The summed E-state index contributed by atoms with van der Waals surface area (Å²) >= 11 is 0. The highest BCUT2D eigenvalue weighted by atomic mass is 16.5. The van der Waals surface area contributed by atoms with Gasteiger partial charge in [0.1, 0.15) is 28.6 Å². The third kappa shape index (κ3) is 4.27. The summed E-state index contributed by atoms with van der Waals surface area (Å²) < 4.78 is 10.3. The molecule has 0 aromatic heterocycles. The predicted octanol–water partition coefficient (Wildman–Crippen LogP) is 3.77. The molecule has 3 aromatic carbocycles. The van der Waals surface area contributed by atoms with E-state index in [1.165, 1.54) is 31.4 Å². The highest BCUT2D eigenvalue weighted by Gasteiger charge is 2.35. The third-order valence-corrected chi connectivity index (χ3v) is 5.69. The van der Waals surface area contributed by atoms with Gasteiger partial charge in [0.15, 0.2) is 17.3 Å². The second kappa shape index (κ2) is 8.74. The van der Waals surface area contributed by atoms with E-state index < -0.39 is 29.2 Å². The van der Waals surface area contributed by atoms with Crippen LogP contribution in [-0.2, 0) is 11.2 Å². The van der Waals surface area contributed by atoms with E-state index in [9.17, 15) is 30.0 Å². The number of Topliss-reactive ketones (excluding diaryl/α,β-unsaturated/α-hetero) is 1. The molecule has 1 unspecified atom stereocenters. The number of hydrogen-bond donors (Lipinski definition) is 4. The monoisotopic (exact) mass is 450 g/mol. The lowest BCUT2D eigenvalue weighted by Crippen LogP contribution is -2.22. The number of phenols is 4. The van der Waals surface area contributed by atoms with Gasteiger partial charge < -0.3 is 29.9 Å². The minimum atomic E-state index is -0.706. The van der Waals surface area contributed by atoms with Gasteiger partial charge in [-0.3, -0.25) is 9.59 Å². The van der Waals surface area contributed by atoms with Crippen molar-refractivity contribution in [2.45, 2.75) is 25.2 Å². The number of methoxy groups -OCH3 is 1. The predicted molar refractivity (Wildman–Crippen MR) is 117 cm³/mol. The van der Waals surface area contributed by atoms with Crippen molar-refractivity contribution in [1.29, 1.82) is 0 Å². The van der Waals surface area contributed by atoms with Gasteiger partial charge in [-0.25, -0.2) is 0 Å². The number of ether oxygens (including phenoxy) is 2. The summed E-state index contributed by atoms with van der Waals surface area (Å²) in [6.45, 7) is 0. The molecular formula is C25H22O8. The average molecular weight is 450 g/mol. The molecule has 1 atom stereocenters. The number of carbonyl (C=O) groups excluding carboxylic acids is 2. The van der Waals surface area contributed by atoms with E-state index >= 15 is 0 Å². The molecule has 3 aromatic rings. The quantitative estimate of drug-likeness (QED) is 0.253. The molecular weight excluding hydrogens is 428 g/mol. The van der Waals surface area contributed by atoms with E-state index in [-0.39, 0.29) is 47.0 Å². The molecule has 8 heteroatoms. The molecule has 0 amide bonds. The second-order valence-corrected chi connectivity index (χ2v) is 7.78. The Morgan fingerprint density at radius 3 is 2.42 bits per heavy atom. The number of esters is 1. The van der Waals surface area contributed by atoms with Crippen LogP contribution in [0.4, 0.5) is 0 Å². The molecule has 8 nitrogen and oxygen atoms in total. The molecule has 0 bridgehead atoms. The summed E-state index contributed by atoms with van der Waals surface area (Å²) in [7, 11) is 1.41. The summed E-state index contributed by atoms with van der Waals surface area (Å²) in [5.74, 6) is -2.56. The smallest absolute Gasteiger partial charge is 0.312 e. The molecule has 0 spiro atoms. The lowest BCUT2D eigenvalue weighted by atomic mass is 9.83. The van der Waals surface area contributed by atoms with Crippen LogP contribution < -0.4 is 9.47 Å². The maximum absolute atomic E-state index is 12.9. The number of aryl methyl sites for hydroxylation is 1. The third-order valence-electron chi connectivity index (χ3n) is 5.69. The first-order valence-electron chi connectivity index (χ1n) is 10.3. The van der Waals surface area contributed by atoms with Gasteiger partial charge in [0.2, 0.25) is 0 Å². The van der Waals surface area contributed by atoms with Gasteiger partial charge in [-0.15, -0.1) is 0 Å². The Bertz CT molecular complexity index is 1230. The van der Waals surface area contributed by atoms with E-state index in [4.69, 9.17) is 9.47 Å². The minimum absolute atomic E-state index is 0.00153. The van der Waals surface area contributed by atoms with Gasteiger partial charge in [-0.05, 0) is 41.8 Å². The maximum Gasteiger partial charge on any atom is 0.312 e. The molecule has 1 aliphatic rings. The van der Waals surface area contributed by atoms with Crippen LogP contribution in [0.15, 0.2) is 48.5 Å². The maximum atomic E-state index is 12.9. The van der Waals surface area contributed by atoms with Crippen LogP contribution in [0.25, 0.3) is 0 Å². The van der Waals surface area contributed by atoms with E-state index in [0.29, 0.717) is 12.0 Å². The van der Waals surface area contributed by atoms with Gasteiger partial charge in [0, 0.05) is 24.0 Å². The normalized spacial score (nSPS) is 14.9. The lowest BCUT2D eigenvalue weighted by Gasteiger charge is -2.27. The highest BCUT2D eigenvalue weighted by Crippen LogP contribution is 2.49. The number of ketones is 1. The Kier molecular flexibility index (Phi) is 5.83. The zero-order valence-corrected chi connectivity index (χ0v) is 17.7. The number of hydrogen-bond acceptors (Lipinski definition) is 8. The van der Waals surface area contributed by atoms with Gasteiger partial charge in [-0.1, -0.05) is 18.2 Å². The van der Waals surface area contributed by atoms with Gasteiger partial charge >= 0.3 is 5.97 Å². The molecule has 4 rings (SSSR count). The number of rotatable bonds is 6. The first kappa shape index (κ1) is 22.0. The molecule has 1 heterocycles. The molecule has 0 saturated heterocycles. The van der Waals surface area contributed by atoms with Crippen LogP contribution in [-0.4, -0.2) is 39.3 Å². The SMILES string of the molecule is COc1ccc(C2CC(=O)Oc3cc(O)c(C(=O)CCc4ccc(O)cc4)c(O)c32)cc1O. The summed E-state index contributed by atoms with van der Waals surface area (Å²) in [4.78, 5) is 25.1. The van der Waals surface area contributed by atoms with E-state index in [0.717, 1.165) is 11.6 Å². The van der Waals surface area contributed by atoms with Crippen LogP contribution in [0.2, 0.25) is 0 Å². The van der Waals surface area contributed by atoms with Gasteiger partial charge in [-0.2, -0.15) is 0 Å². The van der Waals surface area contributed by atoms with E-state index in [1.54, 1.807) is 18.2 Å². The standard InChI is InChI=1S/C25H22O8/c1-32-20-9-5-14(10-18(20)28)16-11-22(30)33-21-12-19(29)24(25(31)23(16)21)17(27)8-4-13-2-6-15(26)7-3-13/h2-3,5-7,9-10,12,16,26,28-29,31H,4,8,11H2,1H3. The number of phenolic OH excluding ortho intramolecular Hbond substituents is 4. The van der Waals surface area contributed by atoms with Crippen molar-refractivity contribution in [3.05, 3.63) is 70.8 Å². The van der Waals surface area contributed by atoms with Crippen LogP contribution in [0.1, 0.15) is 45.8 Å². The lowest BCUT2D eigenvalue weighted by molar-refractivity contribution is -0.135. The van der Waals surface area contributed by atoms with Crippen LogP contribution >= 0.6 is 0 Å². The van der Waals surface area contributed by atoms with Crippen molar-refractivity contribution in [3.8, 4) is 34.5 Å².